The van der Waals surface area contributed by atoms with E-state index in [1.807, 2.05) is 35.7 Å². The van der Waals surface area contributed by atoms with Crippen molar-refractivity contribution in [2.45, 2.75) is 13.2 Å². The molecule has 2 aromatic rings. The Morgan fingerprint density at radius 2 is 2.18 bits per heavy atom. The third kappa shape index (κ3) is 3.88. The van der Waals surface area contributed by atoms with Gasteiger partial charge >= 0.3 is 6.09 Å². The van der Waals surface area contributed by atoms with Crippen molar-refractivity contribution in [2.75, 3.05) is 0 Å². The number of thiazole rings is 1. The molecule has 0 radical (unpaired) electrons. The minimum absolute atomic E-state index is 0.281. The lowest BCUT2D eigenvalue weighted by atomic mass is 10.2. The van der Waals surface area contributed by atoms with E-state index in [1.54, 1.807) is 5.51 Å². The molecule has 4 nitrogen and oxygen atoms in total. The van der Waals surface area contributed by atoms with E-state index in [9.17, 15) is 4.79 Å². The van der Waals surface area contributed by atoms with Crippen LogP contribution in [-0.4, -0.2) is 11.1 Å². The van der Waals surface area contributed by atoms with Crippen LogP contribution in [0.15, 0.2) is 41.2 Å². The van der Waals surface area contributed by atoms with Crippen LogP contribution in [0.4, 0.5) is 4.79 Å². The van der Waals surface area contributed by atoms with Gasteiger partial charge < -0.3 is 10.1 Å². The molecule has 0 fully saturated rings. The highest BCUT2D eigenvalue weighted by atomic mass is 32.1. The number of alkyl carbamates (subject to hydrolysis) is 1. The van der Waals surface area contributed by atoms with Crippen molar-refractivity contribution in [2.24, 2.45) is 0 Å². The van der Waals surface area contributed by atoms with E-state index in [2.05, 4.69) is 10.3 Å². The zero-order valence-corrected chi connectivity index (χ0v) is 9.94. The van der Waals surface area contributed by atoms with Gasteiger partial charge in [0.1, 0.15) is 6.61 Å². The first kappa shape index (κ1) is 11.6. The highest BCUT2D eigenvalue weighted by Gasteiger charge is 2.03. The number of amides is 1. The van der Waals surface area contributed by atoms with Crippen molar-refractivity contribution in [3.8, 4) is 0 Å². The largest absolute Gasteiger partial charge is 0.445 e. The van der Waals surface area contributed by atoms with Gasteiger partial charge in [0, 0.05) is 5.38 Å². The molecule has 1 amide bonds. The minimum Gasteiger partial charge on any atom is -0.445 e. The maximum Gasteiger partial charge on any atom is 0.407 e. The van der Waals surface area contributed by atoms with E-state index in [0.717, 1.165) is 11.3 Å². The van der Waals surface area contributed by atoms with Crippen molar-refractivity contribution >= 4 is 17.4 Å². The van der Waals surface area contributed by atoms with E-state index in [1.165, 1.54) is 11.3 Å². The predicted molar refractivity (Wildman–Crippen MR) is 65.6 cm³/mol. The number of rotatable bonds is 4. The van der Waals surface area contributed by atoms with Gasteiger partial charge in [-0.3, -0.25) is 0 Å². The van der Waals surface area contributed by atoms with Gasteiger partial charge in [-0.2, -0.15) is 0 Å². The van der Waals surface area contributed by atoms with Crippen molar-refractivity contribution in [3.63, 3.8) is 0 Å². The summed E-state index contributed by atoms with van der Waals surface area (Å²) in [5.41, 5.74) is 3.54. The Labute approximate surface area is 103 Å². The molecule has 0 unspecified atom stereocenters. The van der Waals surface area contributed by atoms with Gasteiger partial charge in [0.05, 0.1) is 17.7 Å². The first-order chi connectivity index (χ1) is 8.34. The van der Waals surface area contributed by atoms with E-state index >= 15 is 0 Å². The van der Waals surface area contributed by atoms with Crippen LogP contribution >= 0.6 is 11.3 Å². The van der Waals surface area contributed by atoms with Crippen molar-refractivity contribution in [1.29, 1.82) is 0 Å². The van der Waals surface area contributed by atoms with E-state index < -0.39 is 6.09 Å². The molecule has 1 aromatic carbocycles. The van der Waals surface area contributed by atoms with Crippen LogP contribution in [0.2, 0.25) is 0 Å². The summed E-state index contributed by atoms with van der Waals surface area (Å²) in [4.78, 5) is 15.4. The second-order valence-electron chi connectivity index (χ2n) is 3.40. The standard InChI is InChI=1S/C12H12N2O2S/c15-12(13-6-11-8-17-9-14-11)16-7-10-4-2-1-3-5-10/h1-5,8-9H,6-7H2,(H,13,15). The number of hydrogen-bond donors (Lipinski definition) is 1. The van der Waals surface area contributed by atoms with Gasteiger partial charge in [-0.25, -0.2) is 9.78 Å². The van der Waals surface area contributed by atoms with E-state index in [-0.39, 0.29) is 6.61 Å². The molecular weight excluding hydrogens is 236 g/mol. The summed E-state index contributed by atoms with van der Waals surface area (Å²) in [6.45, 7) is 0.681. The summed E-state index contributed by atoms with van der Waals surface area (Å²) < 4.78 is 5.05. The molecule has 0 aliphatic carbocycles. The van der Waals surface area contributed by atoms with Gasteiger partial charge in [-0.05, 0) is 5.56 Å². The van der Waals surface area contributed by atoms with Crippen LogP contribution in [0, 0.1) is 0 Å². The summed E-state index contributed by atoms with van der Waals surface area (Å²) >= 11 is 1.50. The molecule has 1 heterocycles. The number of nitrogens with one attached hydrogen (secondary N) is 1. The van der Waals surface area contributed by atoms with Crippen LogP contribution in [0.25, 0.3) is 0 Å². The Balaban J connectivity index is 1.71. The fourth-order valence-electron chi connectivity index (χ4n) is 1.26. The Morgan fingerprint density at radius 1 is 1.35 bits per heavy atom. The minimum atomic E-state index is -0.429. The molecule has 0 aliphatic heterocycles. The molecule has 0 aliphatic rings. The molecule has 88 valence electrons. The second kappa shape index (κ2) is 6.00. The van der Waals surface area contributed by atoms with Gasteiger partial charge in [0.2, 0.25) is 0 Å². The van der Waals surface area contributed by atoms with Crippen LogP contribution in [-0.2, 0) is 17.9 Å². The van der Waals surface area contributed by atoms with Gasteiger partial charge in [-0.1, -0.05) is 30.3 Å². The molecule has 1 aromatic heterocycles. The number of carbonyl (C=O) groups is 1. The van der Waals surface area contributed by atoms with Crippen LogP contribution in [0.1, 0.15) is 11.3 Å². The molecular formula is C12H12N2O2S. The Bertz CT molecular complexity index is 457. The molecule has 0 bridgehead atoms. The van der Waals surface area contributed by atoms with E-state index in [4.69, 9.17) is 4.74 Å². The number of hydrogen-bond acceptors (Lipinski definition) is 4. The highest BCUT2D eigenvalue weighted by molar-refractivity contribution is 7.07. The number of carbonyl (C=O) groups excluding carboxylic acids is 1. The summed E-state index contributed by atoms with van der Waals surface area (Å²) in [7, 11) is 0. The lowest BCUT2D eigenvalue weighted by Gasteiger charge is -2.05. The number of nitrogens with zero attached hydrogens (tertiary/aromatic N) is 1. The molecule has 5 heteroatoms. The summed E-state index contributed by atoms with van der Waals surface area (Å²) in [5, 5.41) is 4.52. The number of benzene rings is 1. The van der Waals surface area contributed by atoms with Crippen LogP contribution < -0.4 is 5.32 Å². The predicted octanol–water partition coefficient (Wildman–Crippen LogP) is 2.57. The SMILES string of the molecule is O=C(NCc1cscn1)OCc1ccccc1. The molecule has 2 rings (SSSR count). The van der Waals surface area contributed by atoms with Crippen molar-refractivity contribution in [1.82, 2.24) is 10.3 Å². The monoisotopic (exact) mass is 248 g/mol. The van der Waals surface area contributed by atoms with Gasteiger partial charge in [-0.15, -0.1) is 11.3 Å². The molecule has 0 atom stereocenters. The Hall–Kier alpha value is -1.88. The molecule has 1 N–H and O–H groups in total. The fourth-order valence-corrected chi connectivity index (χ4v) is 1.82. The number of ether oxygens (including phenoxy) is 1. The quantitative estimate of drug-likeness (QED) is 0.904. The summed E-state index contributed by atoms with van der Waals surface area (Å²) in [5.74, 6) is 0. The topological polar surface area (TPSA) is 51.2 Å². The lowest BCUT2D eigenvalue weighted by Crippen LogP contribution is -2.23. The first-order valence-corrected chi connectivity index (χ1v) is 6.10. The number of aromatic nitrogens is 1. The van der Waals surface area contributed by atoms with Crippen LogP contribution in [0.5, 0.6) is 0 Å². The van der Waals surface area contributed by atoms with Crippen LogP contribution in [0.3, 0.4) is 0 Å². The zero-order valence-electron chi connectivity index (χ0n) is 9.13. The van der Waals surface area contributed by atoms with Crippen molar-refractivity contribution < 1.29 is 9.53 Å². The average molecular weight is 248 g/mol. The Morgan fingerprint density at radius 3 is 2.88 bits per heavy atom. The van der Waals surface area contributed by atoms with Gasteiger partial charge in [0.15, 0.2) is 0 Å². The maximum atomic E-state index is 11.4. The maximum absolute atomic E-state index is 11.4. The van der Waals surface area contributed by atoms with E-state index in [0.29, 0.717) is 6.54 Å². The molecule has 0 saturated carbocycles. The zero-order chi connectivity index (χ0) is 11.9. The van der Waals surface area contributed by atoms with Crippen molar-refractivity contribution in [3.05, 3.63) is 52.5 Å². The molecule has 0 spiro atoms. The summed E-state index contributed by atoms with van der Waals surface area (Å²) in [6.07, 6.45) is -0.429. The first-order valence-electron chi connectivity index (χ1n) is 5.16. The fraction of sp³-hybridized carbons (Fsp3) is 0.167. The normalized spacial score (nSPS) is 9.88. The Kier molecular flexibility index (Phi) is 4.10. The summed E-state index contributed by atoms with van der Waals surface area (Å²) in [6, 6.07) is 9.56. The second-order valence-corrected chi connectivity index (χ2v) is 4.11. The third-order valence-electron chi connectivity index (χ3n) is 2.11. The smallest absolute Gasteiger partial charge is 0.407 e. The highest BCUT2D eigenvalue weighted by Crippen LogP contribution is 2.02. The van der Waals surface area contributed by atoms with Gasteiger partial charge in [0.25, 0.3) is 0 Å². The lowest BCUT2D eigenvalue weighted by molar-refractivity contribution is 0.139. The molecule has 17 heavy (non-hydrogen) atoms. The molecule has 0 saturated heterocycles. The average Bonchev–Trinajstić information content (AvgIpc) is 2.88. The third-order valence-corrected chi connectivity index (χ3v) is 2.75.